The van der Waals surface area contributed by atoms with Gasteiger partial charge in [0.1, 0.15) is 22.1 Å². The molecule has 0 saturated carbocycles. The van der Waals surface area contributed by atoms with Crippen LogP contribution in [-0.2, 0) is 0 Å². The third-order valence-corrected chi connectivity index (χ3v) is 3.50. The molecule has 0 aliphatic heterocycles. The molecular formula is C15H10Cl2N4O2. The highest BCUT2D eigenvalue weighted by Gasteiger charge is 2.13. The highest BCUT2D eigenvalue weighted by atomic mass is 35.5. The summed E-state index contributed by atoms with van der Waals surface area (Å²) in [7, 11) is 1.61. The molecule has 2 rings (SSSR count). The number of rotatable bonds is 4. The van der Waals surface area contributed by atoms with Crippen molar-refractivity contribution in [2.24, 2.45) is 0 Å². The number of pyridine rings is 1. The fraction of sp³-hybridized carbons (Fsp3) is 0.0667. The first-order valence-corrected chi connectivity index (χ1v) is 7.12. The predicted molar refractivity (Wildman–Crippen MR) is 90.5 cm³/mol. The Morgan fingerprint density at radius 3 is 2.70 bits per heavy atom. The summed E-state index contributed by atoms with van der Waals surface area (Å²) in [6.07, 6.45) is 3.24. The minimum Gasteiger partial charge on any atom is -0.383 e. The Morgan fingerprint density at radius 2 is 2.09 bits per heavy atom. The van der Waals surface area contributed by atoms with Crippen molar-refractivity contribution in [3.63, 3.8) is 0 Å². The standard InChI is InChI=1S/C15H10Cl2N4O2/c1-19-12-5-3-9(6-13(12)21(22)23)2-4-10-7-14(16)20-15(17)11(10)8-18/h2-7,19H,1H3/b4-2+. The van der Waals surface area contributed by atoms with Crippen LogP contribution in [0.2, 0.25) is 10.3 Å². The summed E-state index contributed by atoms with van der Waals surface area (Å²) in [5.74, 6) is 0. The number of hydrogen-bond donors (Lipinski definition) is 1. The Bertz CT molecular complexity index is 844. The molecular weight excluding hydrogens is 339 g/mol. The quantitative estimate of drug-likeness (QED) is 0.502. The molecule has 1 aromatic heterocycles. The van der Waals surface area contributed by atoms with Crippen molar-refractivity contribution >= 4 is 46.7 Å². The Balaban J connectivity index is 2.44. The van der Waals surface area contributed by atoms with Crippen LogP contribution < -0.4 is 5.32 Å². The molecule has 1 N–H and O–H groups in total. The van der Waals surface area contributed by atoms with Gasteiger partial charge >= 0.3 is 0 Å². The number of nitrogens with one attached hydrogen (secondary N) is 1. The first kappa shape index (κ1) is 16.7. The Kier molecular flexibility index (Phi) is 5.16. The van der Waals surface area contributed by atoms with E-state index in [9.17, 15) is 10.1 Å². The molecule has 6 nitrogen and oxygen atoms in total. The summed E-state index contributed by atoms with van der Waals surface area (Å²) in [5.41, 5.74) is 1.65. The topological polar surface area (TPSA) is 91.8 Å². The molecule has 2 aromatic rings. The molecule has 1 heterocycles. The summed E-state index contributed by atoms with van der Waals surface area (Å²) in [6.45, 7) is 0. The number of hydrogen-bond acceptors (Lipinski definition) is 5. The van der Waals surface area contributed by atoms with E-state index in [0.29, 0.717) is 16.8 Å². The van der Waals surface area contributed by atoms with E-state index in [0.717, 1.165) is 0 Å². The smallest absolute Gasteiger partial charge is 0.292 e. The highest BCUT2D eigenvalue weighted by molar-refractivity contribution is 6.33. The van der Waals surface area contributed by atoms with Gasteiger partial charge in [0.25, 0.3) is 5.69 Å². The zero-order valence-electron chi connectivity index (χ0n) is 11.9. The molecule has 1 aromatic carbocycles. The van der Waals surface area contributed by atoms with Crippen LogP contribution in [0.5, 0.6) is 0 Å². The number of nitro benzene ring substituents is 1. The normalized spacial score (nSPS) is 10.5. The number of nitrogens with zero attached hydrogens (tertiary/aromatic N) is 3. The molecule has 0 aliphatic carbocycles. The average molecular weight is 349 g/mol. The zero-order valence-corrected chi connectivity index (χ0v) is 13.4. The second-order valence-corrected chi connectivity index (χ2v) is 5.17. The van der Waals surface area contributed by atoms with Gasteiger partial charge in [-0.1, -0.05) is 41.4 Å². The van der Waals surface area contributed by atoms with Crippen molar-refractivity contribution in [2.45, 2.75) is 0 Å². The van der Waals surface area contributed by atoms with E-state index in [1.165, 1.54) is 12.1 Å². The second kappa shape index (κ2) is 7.09. The molecule has 0 aliphatic rings. The van der Waals surface area contributed by atoms with E-state index in [1.54, 1.807) is 31.3 Å². The highest BCUT2D eigenvalue weighted by Crippen LogP contribution is 2.27. The van der Waals surface area contributed by atoms with Crippen LogP contribution in [0.1, 0.15) is 16.7 Å². The predicted octanol–water partition coefficient (Wildman–Crippen LogP) is 4.38. The van der Waals surface area contributed by atoms with Crippen LogP contribution in [0.25, 0.3) is 12.2 Å². The van der Waals surface area contributed by atoms with E-state index >= 15 is 0 Å². The SMILES string of the molecule is CNc1ccc(/C=C/c2cc(Cl)nc(Cl)c2C#N)cc1[N+](=O)[O-]. The maximum absolute atomic E-state index is 11.1. The second-order valence-electron chi connectivity index (χ2n) is 4.43. The first-order chi connectivity index (χ1) is 11.0. The van der Waals surface area contributed by atoms with Crippen molar-refractivity contribution in [3.8, 4) is 6.07 Å². The monoisotopic (exact) mass is 348 g/mol. The van der Waals surface area contributed by atoms with Crippen LogP contribution in [0, 0.1) is 21.4 Å². The summed E-state index contributed by atoms with van der Waals surface area (Å²) >= 11 is 11.7. The van der Waals surface area contributed by atoms with E-state index in [4.69, 9.17) is 28.5 Å². The first-order valence-electron chi connectivity index (χ1n) is 6.36. The van der Waals surface area contributed by atoms with Crippen molar-refractivity contribution in [3.05, 3.63) is 61.4 Å². The van der Waals surface area contributed by atoms with Crippen LogP contribution in [0.3, 0.4) is 0 Å². The number of anilines is 1. The summed E-state index contributed by atoms with van der Waals surface area (Å²) < 4.78 is 0. The molecule has 0 saturated heterocycles. The summed E-state index contributed by atoms with van der Waals surface area (Å²) in [4.78, 5) is 14.4. The number of aromatic nitrogens is 1. The number of halogens is 2. The molecule has 0 bridgehead atoms. The third kappa shape index (κ3) is 3.77. The Labute approximate surface area is 142 Å². The minimum absolute atomic E-state index is 0.0103. The van der Waals surface area contributed by atoms with Crippen LogP contribution in [0.15, 0.2) is 24.3 Å². The van der Waals surface area contributed by atoms with E-state index in [-0.39, 0.29) is 21.6 Å². The maximum atomic E-state index is 11.1. The molecule has 23 heavy (non-hydrogen) atoms. The van der Waals surface area contributed by atoms with Gasteiger partial charge in [0.05, 0.1) is 10.5 Å². The van der Waals surface area contributed by atoms with Gasteiger partial charge in [0, 0.05) is 13.1 Å². The van der Waals surface area contributed by atoms with Crippen LogP contribution in [0.4, 0.5) is 11.4 Å². The lowest BCUT2D eigenvalue weighted by Gasteiger charge is -2.03. The van der Waals surface area contributed by atoms with Gasteiger partial charge < -0.3 is 5.32 Å². The number of nitro groups is 1. The van der Waals surface area contributed by atoms with Gasteiger partial charge in [-0.05, 0) is 23.3 Å². The van der Waals surface area contributed by atoms with Crippen molar-refractivity contribution in [1.29, 1.82) is 5.26 Å². The molecule has 0 spiro atoms. The van der Waals surface area contributed by atoms with Crippen LogP contribution in [-0.4, -0.2) is 17.0 Å². The molecule has 0 unspecified atom stereocenters. The van der Waals surface area contributed by atoms with E-state index in [1.807, 2.05) is 6.07 Å². The molecule has 0 atom stereocenters. The van der Waals surface area contributed by atoms with Crippen LogP contribution >= 0.6 is 23.2 Å². The number of nitriles is 1. The van der Waals surface area contributed by atoms with Gasteiger partial charge in [0.2, 0.25) is 0 Å². The van der Waals surface area contributed by atoms with E-state index in [2.05, 4.69) is 10.3 Å². The molecule has 0 amide bonds. The Morgan fingerprint density at radius 1 is 1.35 bits per heavy atom. The summed E-state index contributed by atoms with van der Waals surface area (Å²) in [5, 5.41) is 23.1. The van der Waals surface area contributed by atoms with Crippen molar-refractivity contribution < 1.29 is 4.92 Å². The van der Waals surface area contributed by atoms with Gasteiger partial charge in [-0.25, -0.2) is 4.98 Å². The lowest BCUT2D eigenvalue weighted by molar-refractivity contribution is -0.383. The van der Waals surface area contributed by atoms with Gasteiger partial charge in [0.15, 0.2) is 0 Å². The zero-order chi connectivity index (χ0) is 17.0. The molecule has 116 valence electrons. The van der Waals surface area contributed by atoms with Gasteiger partial charge in [-0.3, -0.25) is 10.1 Å². The maximum Gasteiger partial charge on any atom is 0.292 e. The molecule has 0 radical (unpaired) electrons. The largest absolute Gasteiger partial charge is 0.383 e. The van der Waals surface area contributed by atoms with E-state index < -0.39 is 4.92 Å². The Hall–Kier alpha value is -2.62. The minimum atomic E-state index is -0.468. The van der Waals surface area contributed by atoms with Gasteiger partial charge in [-0.2, -0.15) is 5.26 Å². The molecule has 8 heteroatoms. The fourth-order valence-corrected chi connectivity index (χ4v) is 2.43. The summed E-state index contributed by atoms with van der Waals surface area (Å²) in [6, 6.07) is 8.20. The van der Waals surface area contributed by atoms with Crippen molar-refractivity contribution in [1.82, 2.24) is 4.98 Å². The number of benzene rings is 1. The lowest BCUT2D eigenvalue weighted by atomic mass is 10.1. The molecule has 0 fully saturated rings. The van der Waals surface area contributed by atoms with Gasteiger partial charge in [-0.15, -0.1) is 0 Å². The van der Waals surface area contributed by atoms with Crippen molar-refractivity contribution in [2.75, 3.05) is 12.4 Å². The fourth-order valence-electron chi connectivity index (χ4n) is 1.94. The lowest BCUT2D eigenvalue weighted by Crippen LogP contribution is -1.96. The average Bonchev–Trinajstić information content (AvgIpc) is 2.52. The third-order valence-electron chi connectivity index (χ3n) is 3.03.